The Morgan fingerprint density at radius 2 is 1.48 bits per heavy atom. The molecule has 0 aliphatic carbocycles. The molecule has 3 unspecified atom stereocenters. The number of carboxylic acid groups (broad SMARTS) is 3. The highest BCUT2D eigenvalue weighted by atomic mass is 32.1. The number of rotatable bonds is 20. The Bertz CT molecular complexity index is 1890. The number of nitrogen functional groups attached to an aromatic ring is 1. The van der Waals surface area contributed by atoms with Gasteiger partial charge in [-0.3, -0.25) is 33.8 Å². The monoisotopic (exact) mass is 744 g/mol. The Morgan fingerprint density at radius 3 is 2.10 bits per heavy atom. The summed E-state index contributed by atoms with van der Waals surface area (Å²) in [6, 6.07) is 0.0656. The molecular weight excluding hydrogens is 708 g/mol. The summed E-state index contributed by atoms with van der Waals surface area (Å²) in [7, 11) is 0. The van der Waals surface area contributed by atoms with Gasteiger partial charge in [0, 0.05) is 29.8 Å². The second-order valence-electron chi connectivity index (χ2n) is 11.2. The van der Waals surface area contributed by atoms with Crippen molar-refractivity contribution in [3.63, 3.8) is 0 Å². The number of ketones is 1. The number of hydrogen-bond donors (Lipinski definition) is 11. The molecule has 0 aliphatic rings. The van der Waals surface area contributed by atoms with E-state index in [9.17, 15) is 43.5 Å². The van der Waals surface area contributed by atoms with Crippen LogP contribution in [0.2, 0.25) is 0 Å². The number of carbonyl (C=O) groups is 7. The number of hydrogen-bond acceptors (Lipinski definition) is 15. The molecule has 2 aromatic heterocycles. The van der Waals surface area contributed by atoms with Crippen molar-refractivity contribution in [1.29, 1.82) is 0 Å². The number of fused-ring (bicyclic) bond motifs is 1. The number of Topliss-reactive ketones (excluding diaryl/α,β-unsaturated/α-hetero) is 1. The van der Waals surface area contributed by atoms with E-state index in [-0.39, 0.29) is 60.7 Å². The van der Waals surface area contributed by atoms with Gasteiger partial charge in [0.15, 0.2) is 11.2 Å². The van der Waals surface area contributed by atoms with Crippen LogP contribution in [0.4, 0.5) is 11.6 Å². The van der Waals surface area contributed by atoms with Gasteiger partial charge < -0.3 is 48.1 Å². The van der Waals surface area contributed by atoms with Crippen LogP contribution in [0.15, 0.2) is 35.3 Å². The third-order valence-corrected chi connectivity index (χ3v) is 7.67. The Balaban J connectivity index is 1.47. The third-order valence-electron chi connectivity index (χ3n) is 7.30. The van der Waals surface area contributed by atoms with Crippen LogP contribution in [0, 0.1) is 0 Å². The van der Waals surface area contributed by atoms with Crippen molar-refractivity contribution in [2.24, 2.45) is 5.73 Å². The predicted octanol–water partition coefficient (Wildman–Crippen LogP) is -1.99. The first-order chi connectivity index (χ1) is 24.6. The van der Waals surface area contributed by atoms with Crippen molar-refractivity contribution in [2.45, 2.75) is 62.8 Å². The van der Waals surface area contributed by atoms with Gasteiger partial charge in [0.2, 0.25) is 17.8 Å². The van der Waals surface area contributed by atoms with E-state index in [1.165, 1.54) is 18.3 Å². The lowest BCUT2D eigenvalue weighted by Crippen LogP contribution is -2.55. The number of aromatic amines is 1. The van der Waals surface area contributed by atoms with Crippen LogP contribution in [-0.4, -0.2) is 107 Å². The molecule has 52 heavy (non-hydrogen) atoms. The molecule has 4 atom stereocenters. The lowest BCUT2D eigenvalue weighted by Gasteiger charge is -2.21. The molecule has 0 radical (unpaired) electrons. The quantitative estimate of drug-likeness (QED) is 0.0557. The molecule has 3 aromatic rings. The van der Waals surface area contributed by atoms with E-state index in [0.29, 0.717) is 11.4 Å². The summed E-state index contributed by atoms with van der Waals surface area (Å²) in [6.45, 7) is 0.164. The number of aromatic nitrogens is 4. The number of amides is 3. The van der Waals surface area contributed by atoms with Gasteiger partial charge >= 0.3 is 17.9 Å². The van der Waals surface area contributed by atoms with Crippen LogP contribution in [0.1, 0.15) is 48.2 Å². The van der Waals surface area contributed by atoms with E-state index in [2.05, 4.69) is 53.8 Å². The molecule has 0 saturated carbocycles. The van der Waals surface area contributed by atoms with Gasteiger partial charge in [0.25, 0.3) is 11.5 Å². The highest BCUT2D eigenvalue weighted by Crippen LogP contribution is 2.13. The molecule has 0 bridgehead atoms. The predicted molar refractivity (Wildman–Crippen MR) is 184 cm³/mol. The van der Waals surface area contributed by atoms with Crippen LogP contribution in [0.3, 0.4) is 0 Å². The van der Waals surface area contributed by atoms with Gasteiger partial charge in [0.1, 0.15) is 23.9 Å². The smallest absolute Gasteiger partial charge is 0.327 e. The SMILES string of the molecule is Nc1nc2ncc(CNc3ccc(C(=O)N[C@@H](CCC(=O)CCC(N)C(=O)NC(CC(=O)O)C(=O)NC(CS)C(=O)O)C(=O)O)cc3)nc2c(=O)[nH]1. The number of thiol groups is 1. The summed E-state index contributed by atoms with van der Waals surface area (Å²) in [6.07, 6.45) is -0.580. The maximum absolute atomic E-state index is 12.8. The molecule has 0 fully saturated rings. The standard InChI is InChI=1S/C30H36N10O11S/c31-17(25(45)37-19(9-21(42)43)26(46)38-20(12-52)29(50)51)7-5-16(41)6-8-18(28(48)49)36-24(44)13-1-3-14(4-2-13)33-10-15-11-34-23-22(35-15)27(47)40-30(32)39-23/h1-4,11,17-20,33,52H,5-10,12,31H2,(H,36,44)(H,37,45)(H,38,46)(H,42,43)(H,48,49)(H,50,51)(H3,32,34,39,40,47)/t17?,18-,19?,20?/m0/s1. The number of carboxylic acids is 3. The molecule has 2 heterocycles. The van der Waals surface area contributed by atoms with Crippen LogP contribution in [0.5, 0.6) is 0 Å². The summed E-state index contributed by atoms with van der Waals surface area (Å²) in [5.74, 6) is -7.96. The molecule has 278 valence electrons. The fourth-order valence-corrected chi connectivity index (χ4v) is 4.73. The van der Waals surface area contributed by atoms with Crippen LogP contribution < -0.4 is 38.3 Å². The lowest BCUT2D eigenvalue weighted by molar-refractivity contribution is -0.143. The molecule has 0 saturated heterocycles. The van der Waals surface area contributed by atoms with Crippen LogP contribution >= 0.6 is 12.6 Å². The van der Waals surface area contributed by atoms with Crippen molar-refractivity contribution in [3.8, 4) is 0 Å². The highest BCUT2D eigenvalue weighted by Gasteiger charge is 2.29. The van der Waals surface area contributed by atoms with E-state index in [0.717, 1.165) is 0 Å². The molecule has 21 nitrogen and oxygen atoms in total. The minimum atomic E-state index is -1.67. The minimum Gasteiger partial charge on any atom is -0.481 e. The molecule has 0 spiro atoms. The summed E-state index contributed by atoms with van der Waals surface area (Å²) in [4.78, 5) is 111. The minimum absolute atomic E-state index is 0.0111. The van der Waals surface area contributed by atoms with Gasteiger partial charge in [-0.2, -0.15) is 17.6 Å². The number of aliphatic carboxylic acids is 3. The zero-order valence-electron chi connectivity index (χ0n) is 27.2. The van der Waals surface area contributed by atoms with Crippen molar-refractivity contribution < 1.29 is 48.9 Å². The number of nitrogens with zero attached hydrogens (tertiary/aromatic N) is 3. The largest absolute Gasteiger partial charge is 0.481 e. The maximum atomic E-state index is 12.8. The van der Waals surface area contributed by atoms with Crippen molar-refractivity contribution in [2.75, 3.05) is 16.8 Å². The number of H-pyrrole nitrogens is 1. The fourth-order valence-electron chi connectivity index (χ4n) is 4.49. The number of anilines is 2. The molecule has 0 aliphatic heterocycles. The molecule has 12 N–H and O–H groups in total. The molecular formula is C30H36N10O11S. The second-order valence-corrected chi connectivity index (χ2v) is 11.6. The van der Waals surface area contributed by atoms with Gasteiger partial charge in [-0.05, 0) is 37.1 Å². The summed E-state index contributed by atoms with van der Waals surface area (Å²) in [5.41, 5.74) is 12.0. The Morgan fingerprint density at radius 1 is 0.846 bits per heavy atom. The maximum Gasteiger partial charge on any atom is 0.327 e. The van der Waals surface area contributed by atoms with Crippen molar-refractivity contribution in [3.05, 3.63) is 52.1 Å². The first-order valence-electron chi connectivity index (χ1n) is 15.4. The summed E-state index contributed by atoms with van der Waals surface area (Å²) >= 11 is 3.80. The molecule has 1 aromatic carbocycles. The topological polar surface area (TPSA) is 352 Å². The van der Waals surface area contributed by atoms with Crippen LogP contribution in [-0.2, 0) is 35.3 Å². The fraction of sp³-hybridized carbons (Fsp3) is 0.367. The lowest BCUT2D eigenvalue weighted by atomic mass is 10.0. The van der Waals surface area contributed by atoms with Gasteiger partial charge in [0.05, 0.1) is 30.9 Å². The van der Waals surface area contributed by atoms with Gasteiger partial charge in [-0.1, -0.05) is 0 Å². The zero-order chi connectivity index (χ0) is 38.5. The Hall–Kier alpha value is -6.16. The van der Waals surface area contributed by atoms with Crippen molar-refractivity contribution >= 4 is 76.8 Å². The number of nitrogens with one attached hydrogen (secondary N) is 5. The van der Waals surface area contributed by atoms with E-state index < -0.39 is 77.6 Å². The zero-order valence-corrected chi connectivity index (χ0v) is 28.1. The summed E-state index contributed by atoms with van der Waals surface area (Å²) < 4.78 is 0. The molecule has 3 amide bonds. The molecule has 22 heteroatoms. The third kappa shape index (κ3) is 12.0. The van der Waals surface area contributed by atoms with Crippen molar-refractivity contribution in [1.82, 2.24) is 35.9 Å². The number of nitrogens with two attached hydrogens (primary N) is 2. The van der Waals surface area contributed by atoms with E-state index in [1.54, 1.807) is 12.1 Å². The Labute approximate surface area is 298 Å². The highest BCUT2D eigenvalue weighted by molar-refractivity contribution is 7.80. The number of benzene rings is 1. The van der Waals surface area contributed by atoms with E-state index in [4.69, 9.17) is 21.7 Å². The second kappa shape index (κ2) is 18.7. The average molecular weight is 745 g/mol. The normalized spacial score (nSPS) is 13.2. The molecule has 3 rings (SSSR count). The van der Waals surface area contributed by atoms with Crippen LogP contribution in [0.25, 0.3) is 11.2 Å². The average Bonchev–Trinajstić information content (AvgIpc) is 3.09. The van der Waals surface area contributed by atoms with E-state index >= 15 is 0 Å². The Kier molecular flexibility index (Phi) is 14.5. The van der Waals surface area contributed by atoms with Gasteiger partial charge in [-0.25, -0.2) is 19.6 Å². The first-order valence-corrected chi connectivity index (χ1v) is 16.0. The number of carbonyl (C=O) groups excluding carboxylic acids is 4. The van der Waals surface area contributed by atoms with Gasteiger partial charge in [-0.15, -0.1) is 0 Å². The summed E-state index contributed by atoms with van der Waals surface area (Å²) in [5, 5.41) is 37.4. The first kappa shape index (κ1) is 40.3. The van der Waals surface area contributed by atoms with E-state index in [1.807, 2.05) is 0 Å².